The number of Topliss-reactive ketones (excluding diaryl/α,β-unsaturated/α-hetero) is 1. The number of carboxylic acids is 1. The number of carbonyl (C=O) groups is 2. The Morgan fingerprint density at radius 2 is 1.69 bits per heavy atom. The molecule has 2 aromatic carbocycles. The number of ketones is 1. The first-order chi connectivity index (χ1) is 12.6. The van der Waals surface area contributed by atoms with E-state index in [1.807, 2.05) is 54.6 Å². The van der Waals surface area contributed by atoms with E-state index >= 15 is 0 Å². The van der Waals surface area contributed by atoms with Crippen LogP contribution in [0.4, 0.5) is 0 Å². The van der Waals surface area contributed by atoms with Crippen LogP contribution >= 0.6 is 11.3 Å². The summed E-state index contributed by atoms with van der Waals surface area (Å²) in [6, 6.07) is 18.6. The van der Waals surface area contributed by atoms with Crippen molar-refractivity contribution in [1.29, 1.82) is 0 Å². The molecule has 0 atom stereocenters. The van der Waals surface area contributed by atoms with E-state index in [9.17, 15) is 14.7 Å². The van der Waals surface area contributed by atoms with Gasteiger partial charge in [-0.3, -0.25) is 9.59 Å². The summed E-state index contributed by atoms with van der Waals surface area (Å²) in [5.74, 6) is -0.197. The van der Waals surface area contributed by atoms with E-state index in [4.69, 9.17) is 4.74 Å². The molecule has 0 aliphatic rings. The third kappa shape index (κ3) is 4.18. The van der Waals surface area contributed by atoms with Crippen molar-refractivity contribution < 1.29 is 19.4 Å². The highest BCUT2D eigenvalue weighted by Crippen LogP contribution is 2.35. The molecule has 0 aliphatic carbocycles. The molecule has 0 fully saturated rings. The maximum absolute atomic E-state index is 12.6. The molecule has 0 radical (unpaired) electrons. The van der Waals surface area contributed by atoms with Crippen molar-refractivity contribution in [2.75, 3.05) is 7.11 Å². The number of hydrogen-bond acceptors (Lipinski definition) is 4. The van der Waals surface area contributed by atoms with Crippen LogP contribution in [0.25, 0.3) is 10.4 Å². The maximum Gasteiger partial charge on any atom is 0.307 e. The van der Waals surface area contributed by atoms with E-state index < -0.39 is 5.97 Å². The second-order valence-electron chi connectivity index (χ2n) is 5.85. The van der Waals surface area contributed by atoms with Crippen LogP contribution in [0.5, 0.6) is 5.75 Å². The highest BCUT2D eigenvalue weighted by molar-refractivity contribution is 7.17. The quantitative estimate of drug-likeness (QED) is 0.627. The van der Waals surface area contributed by atoms with E-state index in [1.54, 1.807) is 13.2 Å². The lowest BCUT2D eigenvalue weighted by molar-refractivity contribution is -0.136. The fraction of sp³-hybridized carbons (Fsp3) is 0.143. The molecule has 26 heavy (non-hydrogen) atoms. The van der Waals surface area contributed by atoms with E-state index in [0.29, 0.717) is 16.9 Å². The molecule has 132 valence electrons. The minimum absolute atomic E-state index is 0.00685. The van der Waals surface area contributed by atoms with Gasteiger partial charge in [0.2, 0.25) is 0 Å². The second-order valence-corrected chi connectivity index (χ2v) is 6.90. The molecule has 1 heterocycles. The molecule has 0 saturated carbocycles. The zero-order chi connectivity index (χ0) is 18.5. The smallest absolute Gasteiger partial charge is 0.307 e. The van der Waals surface area contributed by atoms with E-state index in [0.717, 1.165) is 21.8 Å². The topological polar surface area (TPSA) is 63.6 Å². The molecule has 3 aromatic rings. The molecule has 0 bridgehead atoms. The van der Waals surface area contributed by atoms with E-state index in [2.05, 4.69) is 0 Å². The molecule has 0 unspecified atom stereocenters. The van der Waals surface area contributed by atoms with Gasteiger partial charge in [0, 0.05) is 11.3 Å². The van der Waals surface area contributed by atoms with Gasteiger partial charge in [-0.25, -0.2) is 0 Å². The molecule has 0 aliphatic heterocycles. The number of methoxy groups -OCH3 is 1. The first-order valence-corrected chi connectivity index (χ1v) is 8.94. The van der Waals surface area contributed by atoms with Gasteiger partial charge in [-0.05, 0) is 47.0 Å². The van der Waals surface area contributed by atoms with E-state index in [-0.39, 0.29) is 12.2 Å². The van der Waals surface area contributed by atoms with Gasteiger partial charge in [-0.15, -0.1) is 11.3 Å². The molecule has 3 rings (SSSR count). The fourth-order valence-corrected chi connectivity index (χ4v) is 3.84. The Hall–Kier alpha value is -2.92. The average Bonchev–Trinajstić information content (AvgIpc) is 3.06. The van der Waals surface area contributed by atoms with Gasteiger partial charge in [-0.1, -0.05) is 30.3 Å². The van der Waals surface area contributed by atoms with Crippen molar-refractivity contribution in [2.45, 2.75) is 12.8 Å². The van der Waals surface area contributed by atoms with Gasteiger partial charge in [0.25, 0.3) is 0 Å². The summed E-state index contributed by atoms with van der Waals surface area (Å²) in [7, 11) is 1.59. The van der Waals surface area contributed by atoms with Crippen LogP contribution in [0, 0.1) is 0 Å². The minimum Gasteiger partial charge on any atom is -0.497 e. The largest absolute Gasteiger partial charge is 0.497 e. The van der Waals surface area contributed by atoms with Crippen molar-refractivity contribution >= 4 is 23.1 Å². The number of thiophene rings is 1. The average molecular weight is 366 g/mol. The summed E-state index contributed by atoms with van der Waals surface area (Å²) in [5, 5.41) is 9.20. The van der Waals surface area contributed by atoms with Gasteiger partial charge < -0.3 is 9.84 Å². The zero-order valence-electron chi connectivity index (χ0n) is 14.3. The number of benzene rings is 2. The summed E-state index contributed by atoms with van der Waals surface area (Å²) >= 11 is 1.34. The first-order valence-electron chi connectivity index (χ1n) is 8.13. The first kappa shape index (κ1) is 17.9. The number of aliphatic carboxylic acids is 1. The Morgan fingerprint density at radius 1 is 1.00 bits per heavy atom. The number of carboxylic acid groups (broad SMARTS) is 1. The van der Waals surface area contributed by atoms with Gasteiger partial charge in [0.15, 0.2) is 5.78 Å². The van der Waals surface area contributed by atoms with Gasteiger partial charge in [0.1, 0.15) is 5.75 Å². The summed E-state index contributed by atoms with van der Waals surface area (Å²) in [4.78, 5) is 25.3. The lowest BCUT2D eigenvalue weighted by atomic mass is 10.0. The highest BCUT2D eigenvalue weighted by Gasteiger charge is 2.18. The predicted molar refractivity (Wildman–Crippen MR) is 102 cm³/mol. The summed E-state index contributed by atoms with van der Waals surface area (Å²) in [6.45, 7) is 0. The SMILES string of the molecule is COc1ccc(-c2sc(C(=O)Cc3ccccc3)cc2CC(=O)O)cc1. The van der Waals surface area contributed by atoms with Gasteiger partial charge >= 0.3 is 5.97 Å². The zero-order valence-corrected chi connectivity index (χ0v) is 15.1. The van der Waals surface area contributed by atoms with Crippen molar-refractivity contribution in [3.8, 4) is 16.2 Å². The number of ether oxygens (including phenoxy) is 1. The molecular formula is C21H18O4S. The van der Waals surface area contributed by atoms with Crippen molar-refractivity contribution in [2.24, 2.45) is 0 Å². The Kier molecular flexibility index (Phi) is 5.49. The van der Waals surface area contributed by atoms with Crippen molar-refractivity contribution in [3.05, 3.63) is 76.7 Å². The van der Waals surface area contributed by atoms with Crippen LogP contribution in [0.2, 0.25) is 0 Å². The van der Waals surface area contributed by atoms with Gasteiger partial charge in [0.05, 0.1) is 18.4 Å². The maximum atomic E-state index is 12.6. The number of carbonyl (C=O) groups excluding carboxylic acids is 1. The van der Waals surface area contributed by atoms with Gasteiger partial charge in [-0.2, -0.15) is 0 Å². The molecule has 1 aromatic heterocycles. The van der Waals surface area contributed by atoms with E-state index in [1.165, 1.54) is 11.3 Å². The molecule has 0 saturated heterocycles. The molecule has 0 spiro atoms. The van der Waals surface area contributed by atoms with Crippen LogP contribution < -0.4 is 4.74 Å². The van der Waals surface area contributed by atoms with Crippen LogP contribution in [-0.2, 0) is 17.6 Å². The van der Waals surface area contributed by atoms with Crippen LogP contribution in [0.15, 0.2) is 60.7 Å². The highest BCUT2D eigenvalue weighted by atomic mass is 32.1. The lowest BCUT2D eigenvalue weighted by Gasteiger charge is -2.04. The standard InChI is InChI=1S/C21H18O4S/c1-25-17-9-7-15(8-10-17)21-16(13-20(23)24)12-19(26-21)18(22)11-14-5-3-2-4-6-14/h2-10,12H,11,13H2,1H3,(H,23,24). The summed E-state index contributed by atoms with van der Waals surface area (Å²) in [6.07, 6.45) is 0.187. The lowest BCUT2D eigenvalue weighted by Crippen LogP contribution is -2.02. The monoisotopic (exact) mass is 366 g/mol. The summed E-state index contributed by atoms with van der Waals surface area (Å²) in [5.41, 5.74) is 2.48. The van der Waals surface area contributed by atoms with Crippen molar-refractivity contribution in [1.82, 2.24) is 0 Å². The normalized spacial score (nSPS) is 10.5. The van der Waals surface area contributed by atoms with Crippen LogP contribution in [0.3, 0.4) is 0 Å². The Labute approximate surface area is 155 Å². The van der Waals surface area contributed by atoms with Crippen LogP contribution in [-0.4, -0.2) is 24.0 Å². The molecule has 1 N–H and O–H groups in total. The predicted octanol–water partition coefficient (Wildman–Crippen LogP) is 4.48. The third-order valence-electron chi connectivity index (χ3n) is 3.99. The Morgan fingerprint density at radius 3 is 2.31 bits per heavy atom. The second kappa shape index (κ2) is 7.97. The Balaban J connectivity index is 1.92. The summed E-state index contributed by atoms with van der Waals surface area (Å²) < 4.78 is 5.16. The molecule has 4 nitrogen and oxygen atoms in total. The molecule has 5 heteroatoms. The molecule has 0 amide bonds. The minimum atomic E-state index is -0.917. The number of hydrogen-bond donors (Lipinski definition) is 1. The number of rotatable bonds is 7. The molecular weight excluding hydrogens is 348 g/mol. The Bertz CT molecular complexity index is 911. The fourth-order valence-electron chi connectivity index (χ4n) is 2.72. The van der Waals surface area contributed by atoms with Crippen LogP contribution in [0.1, 0.15) is 20.8 Å². The third-order valence-corrected chi connectivity index (χ3v) is 5.25. The van der Waals surface area contributed by atoms with Crippen molar-refractivity contribution in [3.63, 3.8) is 0 Å².